The highest BCUT2D eigenvalue weighted by Gasteiger charge is 2.17. The summed E-state index contributed by atoms with van der Waals surface area (Å²) in [6, 6.07) is 15.4. The molecule has 0 spiro atoms. The molecule has 0 radical (unpaired) electrons. The number of hydrogen-bond donors (Lipinski definition) is 1. The Labute approximate surface area is 146 Å². The Kier molecular flexibility index (Phi) is 5.97. The fourth-order valence-electron chi connectivity index (χ4n) is 2.06. The lowest BCUT2D eigenvalue weighted by Crippen LogP contribution is -2.30. The maximum atomic E-state index is 12.3. The molecule has 2 aromatic rings. The minimum atomic E-state index is -0.775. The molecule has 2 aromatic carbocycles. The van der Waals surface area contributed by atoms with Gasteiger partial charge in [-0.15, -0.1) is 0 Å². The summed E-state index contributed by atoms with van der Waals surface area (Å²) in [4.78, 5) is 12.3. The average Bonchev–Trinajstić information content (AvgIpc) is 2.63. The van der Waals surface area contributed by atoms with Crippen molar-refractivity contribution in [2.24, 2.45) is 0 Å². The molecule has 0 aliphatic heterocycles. The first kappa shape index (κ1) is 17.8. The third-order valence-electron chi connectivity index (χ3n) is 3.33. The summed E-state index contributed by atoms with van der Waals surface area (Å²) in [5.74, 6) is 0.472. The largest absolute Gasteiger partial charge is 0.490 e. The summed E-state index contributed by atoms with van der Waals surface area (Å²) in [5.41, 5.74) is 1.54. The van der Waals surface area contributed by atoms with Crippen LogP contribution in [0.5, 0.6) is 11.5 Å². The fraction of sp³-hybridized carbons (Fsp3) is 0.211. The summed E-state index contributed by atoms with van der Waals surface area (Å²) in [7, 11) is 0. The third kappa shape index (κ3) is 4.73. The van der Waals surface area contributed by atoms with E-state index in [9.17, 15) is 4.79 Å². The Bertz CT molecular complexity index is 832. The van der Waals surface area contributed by atoms with Crippen molar-refractivity contribution in [1.82, 2.24) is 0 Å². The van der Waals surface area contributed by atoms with E-state index >= 15 is 0 Å². The van der Waals surface area contributed by atoms with Gasteiger partial charge in [0.2, 0.25) is 0 Å². The number of nitriles is 2. The summed E-state index contributed by atoms with van der Waals surface area (Å²) in [6.45, 7) is 3.85. The van der Waals surface area contributed by atoms with Gasteiger partial charge in [-0.1, -0.05) is 0 Å². The van der Waals surface area contributed by atoms with Crippen LogP contribution in [0.4, 0.5) is 5.69 Å². The Hall–Kier alpha value is -3.51. The van der Waals surface area contributed by atoms with Gasteiger partial charge in [-0.05, 0) is 50.2 Å². The Balaban J connectivity index is 2.07. The van der Waals surface area contributed by atoms with E-state index in [0.717, 1.165) is 0 Å². The van der Waals surface area contributed by atoms with Gasteiger partial charge in [0.15, 0.2) is 17.6 Å². The molecule has 6 heteroatoms. The molecule has 126 valence electrons. The maximum absolute atomic E-state index is 12.3. The van der Waals surface area contributed by atoms with Crippen LogP contribution in [0.1, 0.15) is 25.0 Å². The van der Waals surface area contributed by atoms with Crippen LogP contribution in [0.15, 0.2) is 42.5 Å². The van der Waals surface area contributed by atoms with Crippen LogP contribution in [0.2, 0.25) is 0 Å². The number of amides is 1. The van der Waals surface area contributed by atoms with Crippen LogP contribution < -0.4 is 14.8 Å². The van der Waals surface area contributed by atoms with Gasteiger partial charge in [-0.25, -0.2) is 0 Å². The Morgan fingerprint density at radius 1 is 1.08 bits per heavy atom. The van der Waals surface area contributed by atoms with Crippen LogP contribution in [0.3, 0.4) is 0 Å². The summed E-state index contributed by atoms with van der Waals surface area (Å²) in [6.07, 6.45) is -0.775. The van der Waals surface area contributed by atoms with Crippen molar-refractivity contribution in [3.05, 3.63) is 53.6 Å². The van der Waals surface area contributed by atoms with Gasteiger partial charge in [0.25, 0.3) is 5.91 Å². The van der Waals surface area contributed by atoms with E-state index < -0.39 is 6.10 Å². The summed E-state index contributed by atoms with van der Waals surface area (Å²) >= 11 is 0. The molecule has 1 atom stereocenters. The average molecular weight is 335 g/mol. The van der Waals surface area contributed by atoms with Crippen molar-refractivity contribution in [1.29, 1.82) is 10.5 Å². The lowest BCUT2D eigenvalue weighted by Gasteiger charge is -2.17. The molecular formula is C19H17N3O3. The van der Waals surface area contributed by atoms with Gasteiger partial charge in [0, 0.05) is 11.8 Å². The topological polar surface area (TPSA) is 95.1 Å². The van der Waals surface area contributed by atoms with E-state index in [2.05, 4.69) is 5.32 Å². The van der Waals surface area contributed by atoms with E-state index in [1.165, 1.54) is 0 Å². The Morgan fingerprint density at radius 2 is 1.72 bits per heavy atom. The number of carbonyl (C=O) groups excluding carboxylic acids is 1. The van der Waals surface area contributed by atoms with Crippen molar-refractivity contribution >= 4 is 11.6 Å². The number of rotatable bonds is 6. The van der Waals surface area contributed by atoms with Gasteiger partial charge in [0.05, 0.1) is 29.9 Å². The SMILES string of the molecule is CCOc1cc(C#N)ccc1O[C@@H](C)C(=O)Nc1ccc(C#N)cc1. The van der Waals surface area contributed by atoms with Crippen LogP contribution in [-0.2, 0) is 4.79 Å². The predicted molar refractivity (Wildman–Crippen MR) is 92.2 cm³/mol. The normalized spacial score (nSPS) is 10.9. The minimum absolute atomic E-state index is 0.337. The maximum Gasteiger partial charge on any atom is 0.265 e. The summed E-state index contributed by atoms with van der Waals surface area (Å²) in [5, 5.41) is 20.5. The highest BCUT2D eigenvalue weighted by molar-refractivity contribution is 5.94. The first-order chi connectivity index (χ1) is 12.1. The standard InChI is InChI=1S/C19H17N3O3/c1-3-24-18-10-15(12-21)6-9-17(18)25-13(2)19(23)22-16-7-4-14(11-20)5-8-16/h4-10,13H,3H2,1-2H3,(H,22,23)/t13-/m0/s1. The molecule has 0 saturated carbocycles. The number of nitrogens with one attached hydrogen (secondary N) is 1. The molecular weight excluding hydrogens is 318 g/mol. The first-order valence-corrected chi connectivity index (χ1v) is 7.72. The smallest absolute Gasteiger partial charge is 0.265 e. The number of benzene rings is 2. The molecule has 25 heavy (non-hydrogen) atoms. The fourth-order valence-corrected chi connectivity index (χ4v) is 2.06. The molecule has 0 unspecified atom stereocenters. The van der Waals surface area contributed by atoms with Crippen LogP contribution in [0, 0.1) is 22.7 Å². The second-order valence-corrected chi connectivity index (χ2v) is 5.14. The van der Waals surface area contributed by atoms with E-state index in [4.69, 9.17) is 20.0 Å². The zero-order valence-corrected chi connectivity index (χ0v) is 13.9. The van der Waals surface area contributed by atoms with Crippen LogP contribution in [-0.4, -0.2) is 18.6 Å². The molecule has 0 heterocycles. The van der Waals surface area contributed by atoms with Crippen LogP contribution in [0.25, 0.3) is 0 Å². The van der Waals surface area contributed by atoms with E-state index in [1.807, 2.05) is 19.1 Å². The zero-order valence-electron chi connectivity index (χ0n) is 13.9. The molecule has 0 fully saturated rings. The highest BCUT2D eigenvalue weighted by atomic mass is 16.5. The molecule has 0 aromatic heterocycles. The third-order valence-corrected chi connectivity index (χ3v) is 3.33. The van der Waals surface area contributed by atoms with E-state index in [1.54, 1.807) is 49.4 Å². The quantitative estimate of drug-likeness (QED) is 0.874. The van der Waals surface area contributed by atoms with Crippen molar-refractivity contribution in [2.75, 3.05) is 11.9 Å². The molecule has 1 amide bonds. The molecule has 0 aliphatic carbocycles. The molecule has 2 rings (SSSR count). The summed E-state index contributed by atoms with van der Waals surface area (Å²) < 4.78 is 11.1. The molecule has 0 aliphatic rings. The van der Waals surface area contributed by atoms with Gasteiger partial charge in [-0.3, -0.25) is 4.79 Å². The molecule has 6 nitrogen and oxygen atoms in total. The van der Waals surface area contributed by atoms with Crippen molar-refractivity contribution in [3.8, 4) is 23.6 Å². The van der Waals surface area contributed by atoms with Crippen molar-refractivity contribution in [3.63, 3.8) is 0 Å². The highest BCUT2D eigenvalue weighted by Crippen LogP contribution is 2.29. The number of ether oxygens (including phenoxy) is 2. The molecule has 1 N–H and O–H groups in total. The van der Waals surface area contributed by atoms with Crippen molar-refractivity contribution < 1.29 is 14.3 Å². The number of nitrogens with zero attached hydrogens (tertiary/aromatic N) is 2. The minimum Gasteiger partial charge on any atom is -0.490 e. The van der Waals surface area contributed by atoms with Gasteiger partial charge >= 0.3 is 0 Å². The monoisotopic (exact) mass is 335 g/mol. The number of hydrogen-bond acceptors (Lipinski definition) is 5. The molecule has 0 saturated heterocycles. The lowest BCUT2D eigenvalue weighted by atomic mass is 10.2. The molecule has 0 bridgehead atoms. The number of carbonyl (C=O) groups is 1. The number of anilines is 1. The van der Waals surface area contributed by atoms with E-state index in [0.29, 0.717) is 34.9 Å². The predicted octanol–water partition coefficient (Wildman–Crippen LogP) is 3.23. The van der Waals surface area contributed by atoms with Gasteiger partial charge in [0.1, 0.15) is 0 Å². The van der Waals surface area contributed by atoms with Gasteiger partial charge in [-0.2, -0.15) is 10.5 Å². The first-order valence-electron chi connectivity index (χ1n) is 7.72. The van der Waals surface area contributed by atoms with Gasteiger partial charge < -0.3 is 14.8 Å². The van der Waals surface area contributed by atoms with E-state index in [-0.39, 0.29) is 5.91 Å². The second kappa shape index (κ2) is 8.37. The lowest BCUT2D eigenvalue weighted by molar-refractivity contribution is -0.122. The second-order valence-electron chi connectivity index (χ2n) is 5.14. The van der Waals surface area contributed by atoms with Crippen molar-refractivity contribution in [2.45, 2.75) is 20.0 Å². The van der Waals surface area contributed by atoms with Crippen LogP contribution >= 0.6 is 0 Å². The zero-order chi connectivity index (χ0) is 18.2. The Morgan fingerprint density at radius 3 is 2.32 bits per heavy atom.